The Morgan fingerprint density at radius 2 is 1.88 bits per heavy atom. The summed E-state index contributed by atoms with van der Waals surface area (Å²) in [6.45, 7) is 4.89. The summed E-state index contributed by atoms with van der Waals surface area (Å²) < 4.78 is 1.90. The van der Waals surface area contributed by atoms with E-state index in [1.807, 2.05) is 59.1 Å². The van der Waals surface area contributed by atoms with E-state index in [-0.39, 0.29) is 11.8 Å². The smallest absolute Gasteiger partial charge is 0.223 e. The maximum atomic E-state index is 12.4. The minimum atomic E-state index is 0.240. The molecule has 1 aliphatic heterocycles. The average Bonchev–Trinajstić information content (AvgIpc) is 3.43. The molecule has 1 fully saturated rings. The summed E-state index contributed by atoms with van der Waals surface area (Å²) in [7, 11) is 1.77. The summed E-state index contributed by atoms with van der Waals surface area (Å²) in [5.41, 5.74) is 4.43. The summed E-state index contributed by atoms with van der Waals surface area (Å²) in [4.78, 5) is 18.8. The Morgan fingerprint density at radius 1 is 1.09 bits per heavy atom. The van der Waals surface area contributed by atoms with E-state index < -0.39 is 0 Å². The molecule has 0 bridgehead atoms. The topological polar surface area (TPSA) is 74.5 Å². The quantitative estimate of drug-likeness (QED) is 0.414. The van der Waals surface area contributed by atoms with Gasteiger partial charge in [-0.25, -0.2) is 4.68 Å². The molecule has 3 aromatic rings. The number of para-hydroxylation sites is 1. The molecule has 1 aliphatic rings. The van der Waals surface area contributed by atoms with Crippen LogP contribution in [0.2, 0.25) is 0 Å². The fraction of sp³-hybridized carbons (Fsp3) is 0.346. The van der Waals surface area contributed by atoms with Crippen LogP contribution in [0.25, 0.3) is 5.69 Å². The van der Waals surface area contributed by atoms with E-state index in [1.54, 1.807) is 7.05 Å². The zero-order valence-corrected chi connectivity index (χ0v) is 19.4. The molecule has 1 unspecified atom stereocenters. The summed E-state index contributed by atoms with van der Waals surface area (Å²) in [6.07, 6.45) is 3.45. The third-order valence-electron chi connectivity index (χ3n) is 6.00. The van der Waals surface area contributed by atoms with E-state index in [1.165, 1.54) is 5.56 Å². The van der Waals surface area contributed by atoms with E-state index in [9.17, 15) is 4.79 Å². The van der Waals surface area contributed by atoms with Crippen LogP contribution in [0.1, 0.15) is 23.2 Å². The first-order chi connectivity index (χ1) is 16.1. The normalized spacial score (nSPS) is 16.3. The number of likely N-dealkylation sites (tertiary alicyclic amines) is 1. The van der Waals surface area contributed by atoms with Gasteiger partial charge in [0.25, 0.3) is 0 Å². The van der Waals surface area contributed by atoms with Crippen molar-refractivity contribution in [1.29, 1.82) is 0 Å². The van der Waals surface area contributed by atoms with Gasteiger partial charge >= 0.3 is 0 Å². The second-order valence-corrected chi connectivity index (χ2v) is 8.48. The minimum absolute atomic E-state index is 0.240. The van der Waals surface area contributed by atoms with Crippen molar-refractivity contribution < 1.29 is 4.79 Å². The van der Waals surface area contributed by atoms with Gasteiger partial charge in [-0.1, -0.05) is 48.5 Å². The van der Waals surface area contributed by atoms with Crippen LogP contribution in [0.5, 0.6) is 0 Å². The number of guanidine groups is 1. The number of amides is 1. The highest BCUT2D eigenvalue weighted by Gasteiger charge is 2.29. The van der Waals surface area contributed by atoms with E-state index in [0.717, 1.165) is 42.4 Å². The van der Waals surface area contributed by atoms with Gasteiger partial charge in [-0.15, -0.1) is 0 Å². The molecule has 7 heteroatoms. The average molecular weight is 445 g/mol. The molecule has 4 rings (SSSR count). The van der Waals surface area contributed by atoms with E-state index >= 15 is 0 Å². The predicted octanol–water partition coefficient (Wildman–Crippen LogP) is 2.94. The lowest BCUT2D eigenvalue weighted by atomic mass is 10.1. The molecule has 2 aromatic carbocycles. The first-order valence-corrected chi connectivity index (χ1v) is 11.5. The first-order valence-electron chi connectivity index (χ1n) is 11.5. The minimum Gasteiger partial charge on any atom is -0.356 e. The SMILES string of the molecule is CN=C(NCc1ccccc1-n1ccc(C)n1)NCC1CC(=O)N(CCc2ccccc2)C1. The highest BCUT2D eigenvalue weighted by Crippen LogP contribution is 2.18. The standard InChI is InChI=1S/C26H32N6O/c1-20-12-15-32(30-20)24-11-7-6-10-23(24)18-29-26(27-2)28-17-22-16-25(33)31(19-22)14-13-21-8-4-3-5-9-21/h3-12,15,22H,13-14,16-19H2,1-2H3,(H2,27,28,29). The first kappa shape index (κ1) is 22.6. The molecule has 7 nitrogen and oxygen atoms in total. The van der Waals surface area contributed by atoms with E-state index in [2.05, 4.69) is 45.0 Å². The van der Waals surface area contributed by atoms with E-state index in [0.29, 0.717) is 19.5 Å². The van der Waals surface area contributed by atoms with Crippen molar-refractivity contribution in [3.8, 4) is 5.69 Å². The van der Waals surface area contributed by atoms with Gasteiger partial charge in [0.15, 0.2) is 5.96 Å². The van der Waals surface area contributed by atoms with Crippen molar-refractivity contribution in [3.05, 3.63) is 83.7 Å². The molecule has 0 aliphatic carbocycles. The lowest BCUT2D eigenvalue weighted by Crippen LogP contribution is -2.40. The van der Waals surface area contributed by atoms with Crippen LogP contribution in [-0.4, -0.2) is 53.2 Å². The Hall–Kier alpha value is -3.61. The number of nitrogens with one attached hydrogen (secondary N) is 2. The van der Waals surface area contributed by atoms with Crippen molar-refractivity contribution >= 4 is 11.9 Å². The number of hydrogen-bond donors (Lipinski definition) is 2. The Labute approximate surface area is 195 Å². The van der Waals surface area contributed by atoms with Crippen LogP contribution in [0.3, 0.4) is 0 Å². The molecule has 1 atom stereocenters. The predicted molar refractivity (Wildman–Crippen MR) is 131 cm³/mol. The Bertz CT molecular complexity index is 1090. The lowest BCUT2D eigenvalue weighted by Gasteiger charge is -2.18. The van der Waals surface area contributed by atoms with Crippen molar-refractivity contribution in [2.75, 3.05) is 26.7 Å². The molecule has 1 saturated heterocycles. The molecule has 1 amide bonds. The van der Waals surface area contributed by atoms with Gasteiger partial charge in [0, 0.05) is 51.8 Å². The fourth-order valence-corrected chi connectivity index (χ4v) is 4.19. The van der Waals surface area contributed by atoms with Gasteiger partial charge < -0.3 is 15.5 Å². The number of aryl methyl sites for hydroxylation is 1. The van der Waals surface area contributed by atoms with Crippen molar-refractivity contribution in [3.63, 3.8) is 0 Å². The number of carbonyl (C=O) groups is 1. The van der Waals surface area contributed by atoms with Crippen molar-refractivity contribution in [2.24, 2.45) is 10.9 Å². The second kappa shape index (κ2) is 10.8. The molecule has 33 heavy (non-hydrogen) atoms. The molecule has 1 aromatic heterocycles. The highest BCUT2D eigenvalue weighted by molar-refractivity contribution is 5.81. The third-order valence-corrected chi connectivity index (χ3v) is 6.00. The molecule has 0 spiro atoms. The number of hydrogen-bond acceptors (Lipinski definition) is 3. The zero-order chi connectivity index (χ0) is 23.0. The van der Waals surface area contributed by atoms with Crippen LogP contribution in [-0.2, 0) is 17.8 Å². The number of aromatic nitrogens is 2. The third kappa shape index (κ3) is 6.00. The van der Waals surface area contributed by atoms with Crippen molar-refractivity contribution in [1.82, 2.24) is 25.3 Å². The van der Waals surface area contributed by atoms with Gasteiger partial charge in [-0.3, -0.25) is 9.79 Å². The summed E-state index contributed by atoms with van der Waals surface area (Å²) in [6, 6.07) is 20.5. The lowest BCUT2D eigenvalue weighted by molar-refractivity contribution is -0.127. The fourth-order valence-electron chi connectivity index (χ4n) is 4.19. The number of carbonyl (C=O) groups excluding carboxylic acids is 1. The van der Waals surface area contributed by atoms with Crippen LogP contribution in [0.15, 0.2) is 71.9 Å². The Morgan fingerprint density at radius 3 is 2.64 bits per heavy atom. The summed E-state index contributed by atoms with van der Waals surface area (Å²) in [5.74, 6) is 1.26. The molecular formula is C26H32N6O. The summed E-state index contributed by atoms with van der Waals surface area (Å²) in [5, 5.41) is 11.3. The number of nitrogens with zero attached hydrogens (tertiary/aromatic N) is 4. The maximum Gasteiger partial charge on any atom is 0.223 e. The molecule has 0 radical (unpaired) electrons. The second-order valence-electron chi connectivity index (χ2n) is 8.48. The number of aliphatic imine (C=N–C) groups is 1. The monoisotopic (exact) mass is 444 g/mol. The zero-order valence-electron chi connectivity index (χ0n) is 19.4. The largest absolute Gasteiger partial charge is 0.356 e. The van der Waals surface area contributed by atoms with Crippen molar-refractivity contribution in [2.45, 2.75) is 26.3 Å². The highest BCUT2D eigenvalue weighted by atomic mass is 16.2. The number of benzene rings is 2. The van der Waals surface area contributed by atoms with Crippen LogP contribution >= 0.6 is 0 Å². The van der Waals surface area contributed by atoms with E-state index in [4.69, 9.17) is 0 Å². The molecule has 2 N–H and O–H groups in total. The molecule has 172 valence electrons. The molecule has 0 saturated carbocycles. The van der Waals surface area contributed by atoms with Gasteiger partial charge in [0.05, 0.1) is 11.4 Å². The van der Waals surface area contributed by atoms with Crippen LogP contribution in [0, 0.1) is 12.8 Å². The van der Waals surface area contributed by atoms with Gasteiger partial charge in [0.2, 0.25) is 5.91 Å². The summed E-state index contributed by atoms with van der Waals surface area (Å²) >= 11 is 0. The Balaban J connectivity index is 1.26. The van der Waals surface area contributed by atoms with Gasteiger partial charge in [-0.2, -0.15) is 5.10 Å². The van der Waals surface area contributed by atoms with Crippen LogP contribution in [0.4, 0.5) is 0 Å². The van der Waals surface area contributed by atoms with Crippen LogP contribution < -0.4 is 10.6 Å². The molecule has 2 heterocycles. The Kier molecular flexibility index (Phi) is 7.40. The molecular weight excluding hydrogens is 412 g/mol. The maximum absolute atomic E-state index is 12.4. The number of rotatable bonds is 8. The van der Waals surface area contributed by atoms with Gasteiger partial charge in [-0.05, 0) is 36.6 Å². The van der Waals surface area contributed by atoms with Gasteiger partial charge in [0.1, 0.15) is 0 Å².